The molecule has 0 N–H and O–H groups in total. The first-order valence-corrected chi connectivity index (χ1v) is 11.5. The fourth-order valence-electron chi connectivity index (χ4n) is 2.29. The van der Waals surface area contributed by atoms with E-state index in [0.717, 1.165) is 28.6 Å². The van der Waals surface area contributed by atoms with Crippen LogP contribution in [0, 0.1) is 0 Å². The van der Waals surface area contributed by atoms with E-state index in [1.807, 2.05) is 30.3 Å². The fraction of sp³-hybridized carbons (Fsp3) is 0.211. The van der Waals surface area contributed by atoms with E-state index in [0.29, 0.717) is 11.0 Å². The Morgan fingerprint density at radius 3 is 2.42 bits per heavy atom. The Bertz CT molecular complexity index is 968. The van der Waals surface area contributed by atoms with Gasteiger partial charge in [0.1, 0.15) is 0 Å². The van der Waals surface area contributed by atoms with Gasteiger partial charge in [0.15, 0.2) is 0 Å². The van der Waals surface area contributed by atoms with Crippen LogP contribution in [0.1, 0.15) is 19.8 Å². The van der Waals surface area contributed by atoms with Gasteiger partial charge in [0.25, 0.3) is 0 Å². The molecule has 26 heavy (non-hydrogen) atoms. The number of nitrogens with zero attached hydrogens (tertiary/aromatic N) is 1. The molecule has 0 spiro atoms. The monoisotopic (exact) mass is 451 g/mol. The Morgan fingerprint density at radius 2 is 1.77 bits per heavy atom. The van der Waals surface area contributed by atoms with Gasteiger partial charge < -0.3 is 4.42 Å². The first-order valence-electron chi connectivity index (χ1n) is 8.22. The number of rotatable bonds is 7. The van der Waals surface area contributed by atoms with Gasteiger partial charge in [-0.2, -0.15) is 4.98 Å². The van der Waals surface area contributed by atoms with Crippen LogP contribution in [0.4, 0.5) is 0 Å². The van der Waals surface area contributed by atoms with Gasteiger partial charge in [-0.15, -0.1) is 0 Å². The van der Waals surface area contributed by atoms with Crippen LogP contribution in [0.3, 0.4) is 0 Å². The smallest absolute Gasteiger partial charge is 0.228 e. The summed E-state index contributed by atoms with van der Waals surface area (Å²) in [6.07, 6.45) is 2.01. The van der Waals surface area contributed by atoms with Crippen molar-refractivity contribution in [1.29, 1.82) is 0 Å². The van der Waals surface area contributed by atoms with Crippen molar-refractivity contribution >= 4 is 37.5 Å². The van der Waals surface area contributed by atoms with E-state index in [4.69, 9.17) is 4.42 Å². The van der Waals surface area contributed by atoms with Crippen LogP contribution in [0.5, 0.6) is 0 Å². The van der Waals surface area contributed by atoms with E-state index >= 15 is 0 Å². The van der Waals surface area contributed by atoms with Gasteiger partial charge in [-0.3, -0.25) is 0 Å². The molecule has 0 saturated carbocycles. The van der Waals surface area contributed by atoms with E-state index < -0.39 is 9.84 Å². The van der Waals surface area contributed by atoms with Gasteiger partial charge in [0.05, 0.1) is 4.90 Å². The zero-order valence-corrected chi connectivity index (χ0v) is 17.4. The van der Waals surface area contributed by atoms with Gasteiger partial charge in [0.2, 0.25) is 25.8 Å². The fourth-order valence-corrected chi connectivity index (χ4v) is 5.17. The Labute approximate surface area is 166 Å². The number of oxazole rings is 1. The SMILES string of the molecule is CCCCSc1oc(-c2ccccc2)nc1S(=O)(=O)c1ccc(Br)cc1. The number of unbranched alkanes of at least 4 members (excludes halogenated alkanes) is 1. The minimum atomic E-state index is -3.76. The van der Waals surface area contributed by atoms with Crippen LogP contribution in [0.2, 0.25) is 0 Å². The van der Waals surface area contributed by atoms with Crippen LogP contribution < -0.4 is 0 Å². The molecule has 0 amide bonds. The lowest BCUT2D eigenvalue weighted by atomic mass is 10.2. The lowest BCUT2D eigenvalue weighted by Crippen LogP contribution is -2.04. The van der Waals surface area contributed by atoms with Gasteiger partial charge in [0, 0.05) is 15.8 Å². The second kappa shape index (κ2) is 8.41. The number of thioether (sulfide) groups is 1. The third-order valence-corrected chi connectivity index (χ3v) is 7.07. The number of halogens is 1. The highest BCUT2D eigenvalue weighted by molar-refractivity contribution is 9.10. The molecule has 3 rings (SSSR count). The van der Waals surface area contributed by atoms with E-state index in [9.17, 15) is 8.42 Å². The summed E-state index contributed by atoms with van der Waals surface area (Å²) < 4.78 is 32.8. The zero-order chi connectivity index (χ0) is 18.6. The van der Waals surface area contributed by atoms with Crippen LogP contribution in [0.15, 0.2) is 78.5 Å². The lowest BCUT2D eigenvalue weighted by molar-refractivity contribution is 0.470. The highest BCUT2D eigenvalue weighted by atomic mass is 79.9. The molecule has 0 atom stereocenters. The van der Waals surface area contributed by atoms with E-state index in [1.54, 1.807) is 24.3 Å². The summed E-state index contributed by atoms with van der Waals surface area (Å²) in [4.78, 5) is 4.54. The number of hydrogen-bond acceptors (Lipinski definition) is 5. The predicted molar refractivity (Wildman–Crippen MR) is 107 cm³/mol. The molecule has 0 fully saturated rings. The van der Waals surface area contributed by atoms with Crippen molar-refractivity contribution in [2.75, 3.05) is 5.75 Å². The number of benzene rings is 2. The Kier molecular flexibility index (Phi) is 6.21. The van der Waals surface area contributed by atoms with Crippen molar-refractivity contribution < 1.29 is 12.8 Å². The molecule has 1 aromatic heterocycles. The topological polar surface area (TPSA) is 60.2 Å². The summed E-state index contributed by atoms with van der Waals surface area (Å²) in [5.74, 6) is 1.10. The molecule has 0 radical (unpaired) electrons. The number of sulfone groups is 1. The molecule has 0 aliphatic rings. The molecular weight excluding hydrogens is 434 g/mol. The van der Waals surface area contributed by atoms with Crippen molar-refractivity contribution in [3.63, 3.8) is 0 Å². The molecule has 0 bridgehead atoms. The van der Waals surface area contributed by atoms with Crippen molar-refractivity contribution in [2.24, 2.45) is 0 Å². The lowest BCUT2D eigenvalue weighted by Gasteiger charge is -2.03. The first-order chi connectivity index (χ1) is 12.5. The molecule has 0 aliphatic heterocycles. The van der Waals surface area contributed by atoms with Gasteiger partial charge >= 0.3 is 0 Å². The summed E-state index contributed by atoms with van der Waals surface area (Å²) in [7, 11) is -3.76. The second-order valence-electron chi connectivity index (χ2n) is 5.64. The quantitative estimate of drug-likeness (QED) is 0.334. The largest absolute Gasteiger partial charge is 0.428 e. The minimum Gasteiger partial charge on any atom is -0.428 e. The molecule has 4 nitrogen and oxygen atoms in total. The van der Waals surface area contributed by atoms with Crippen molar-refractivity contribution in [3.8, 4) is 11.5 Å². The van der Waals surface area contributed by atoms with E-state index in [2.05, 4.69) is 27.8 Å². The number of aromatic nitrogens is 1. The minimum absolute atomic E-state index is 0.0141. The standard InChI is InChI=1S/C19H18BrNO3S2/c1-2-3-13-25-19-18(21-17(24-19)14-7-5-4-6-8-14)26(22,23)16-11-9-15(20)10-12-16/h4-12H,2-3,13H2,1H3. The summed E-state index contributed by atoms with van der Waals surface area (Å²) in [5, 5.41) is 0.333. The van der Waals surface area contributed by atoms with E-state index in [-0.39, 0.29) is 9.92 Å². The van der Waals surface area contributed by atoms with Crippen LogP contribution in [-0.4, -0.2) is 19.2 Å². The molecule has 3 aromatic rings. The van der Waals surface area contributed by atoms with Crippen molar-refractivity contribution in [1.82, 2.24) is 4.98 Å². The van der Waals surface area contributed by atoms with Gasteiger partial charge in [-0.25, -0.2) is 8.42 Å². The summed E-state index contributed by atoms with van der Waals surface area (Å²) in [5.41, 5.74) is 0.752. The molecule has 0 aliphatic carbocycles. The Morgan fingerprint density at radius 1 is 1.08 bits per heavy atom. The van der Waals surface area contributed by atoms with Crippen molar-refractivity contribution in [3.05, 3.63) is 59.1 Å². The summed E-state index contributed by atoms with van der Waals surface area (Å²) in [6.45, 7) is 2.09. The zero-order valence-electron chi connectivity index (χ0n) is 14.2. The molecular formula is C19H18BrNO3S2. The molecule has 1 heterocycles. The van der Waals surface area contributed by atoms with Crippen molar-refractivity contribution in [2.45, 2.75) is 34.8 Å². The Balaban J connectivity index is 2.06. The molecule has 7 heteroatoms. The maximum absolute atomic E-state index is 13.1. The van der Waals surface area contributed by atoms with E-state index in [1.165, 1.54) is 11.8 Å². The average Bonchev–Trinajstić information content (AvgIpc) is 3.08. The third-order valence-electron chi connectivity index (χ3n) is 3.70. The maximum Gasteiger partial charge on any atom is 0.228 e. The summed E-state index contributed by atoms with van der Waals surface area (Å²) in [6, 6.07) is 15.9. The molecule has 0 saturated heterocycles. The Hall–Kier alpha value is -1.57. The number of hydrogen-bond donors (Lipinski definition) is 0. The average molecular weight is 452 g/mol. The molecule has 2 aromatic carbocycles. The van der Waals surface area contributed by atoms with Gasteiger partial charge in [-0.05, 0) is 42.8 Å². The normalized spacial score (nSPS) is 11.6. The highest BCUT2D eigenvalue weighted by Crippen LogP contribution is 2.35. The summed E-state index contributed by atoms with van der Waals surface area (Å²) >= 11 is 4.72. The second-order valence-corrected chi connectivity index (χ2v) is 9.49. The molecule has 0 unspecified atom stereocenters. The van der Waals surface area contributed by atoms with Gasteiger partial charge in [-0.1, -0.05) is 59.2 Å². The van der Waals surface area contributed by atoms with Crippen LogP contribution in [0.25, 0.3) is 11.5 Å². The maximum atomic E-state index is 13.1. The molecule has 136 valence electrons. The van der Waals surface area contributed by atoms with Crippen LogP contribution >= 0.6 is 27.7 Å². The van der Waals surface area contributed by atoms with Crippen LogP contribution in [-0.2, 0) is 9.84 Å². The predicted octanol–water partition coefficient (Wildman–Crippen LogP) is 5.83. The first kappa shape index (κ1) is 19.2. The third kappa shape index (κ3) is 4.22. The highest BCUT2D eigenvalue weighted by Gasteiger charge is 2.28.